The highest BCUT2D eigenvalue weighted by atomic mass is 32.2. The summed E-state index contributed by atoms with van der Waals surface area (Å²) in [5.41, 5.74) is 3.32. The van der Waals surface area contributed by atoms with E-state index in [0.717, 1.165) is 17.9 Å². The molecular weight excluding hydrogens is 396 g/mol. The fourth-order valence-electron chi connectivity index (χ4n) is 2.84. The van der Waals surface area contributed by atoms with Gasteiger partial charge >= 0.3 is 0 Å². The fourth-order valence-corrected chi connectivity index (χ4v) is 3.57. The first kappa shape index (κ1) is 21.9. The van der Waals surface area contributed by atoms with Crippen LogP contribution in [0.15, 0.2) is 53.7 Å². The van der Waals surface area contributed by atoms with Crippen molar-refractivity contribution in [2.45, 2.75) is 44.9 Å². The van der Waals surface area contributed by atoms with Crippen molar-refractivity contribution in [1.82, 2.24) is 14.8 Å². The molecule has 3 aromatic rings. The van der Waals surface area contributed by atoms with E-state index >= 15 is 0 Å². The molecule has 0 radical (unpaired) electrons. The number of aryl methyl sites for hydroxylation is 1. The minimum Gasteiger partial charge on any atom is -0.486 e. The second-order valence-electron chi connectivity index (χ2n) is 7.36. The third-order valence-electron chi connectivity index (χ3n) is 4.82. The molecule has 0 saturated heterocycles. The SMILES string of the molecule is CCc1ccc(OCc2nnc(SCC(=O)Nc3ccc(C(C)C)cc3)n2C)cc1. The standard InChI is InChI=1S/C23H28N4O2S/c1-5-17-6-12-20(13-7-17)29-14-21-25-26-23(27(21)4)30-15-22(28)24-19-10-8-18(9-11-19)16(2)3/h6-13,16H,5,14-15H2,1-4H3,(H,24,28). The van der Waals surface area contributed by atoms with Crippen LogP contribution in [0.3, 0.4) is 0 Å². The Kier molecular flexibility index (Phi) is 7.52. The lowest BCUT2D eigenvalue weighted by Gasteiger charge is -2.09. The summed E-state index contributed by atoms with van der Waals surface area (Å²) in [7, 11) is 1.88. The molecule has 7 heteroatoms. The average Bonchev–Trinajstić information content (AvgIpc) is 3.11. The molecule has 30 heavy (non-hydrogen) atoms. The Hall–Kier alpha value is -2.80. The van der Waals surface area contributed by atoms with Crippen LogP contribution in [-0.2, 0) is 24.9 Å². The number of benzene rings is 2. The second kappa shape index (κ2) is 10.3. The number of ether oxygens (including phenoxy) is 1. The smallest absolute Gasteiger partial charge is 0.234 e. The Morgan fingerprint density at radius 3 is 2.43 bits per heavy atom. The monoisotopic (exact) mass is 424 g/mol. The van der Waals surface area contributed by atoms with Crippen molar-refractivity contribution >= 4 is 23.4 Å². The van der Waals surface area contributed by atoms with Crippen LogP contribution >= 0.6 is 11.8 Å². The van der Waals surface area contributed by atoms with E-state index in [1.165, 1.54) is 22.9 Å². The minimum atomic E-state index is -0.0749. The van der Waals surface area contributed by atoms with Crippen LogP contribution in [0.1, 0.15) is 43.6 Å². The summed E-state index contributed by atoms with van der Waals surface area (Å²) < 4.78 is 7.66. The van der Waals surface area contributed by atoms with Gasteiger partial charge in [0, 0.05) is 12.7 Å². The molecule has 0 saturated carbocycles. The summed E-state index contributed by atoms with van der Waals surface area (Å²) >= 11 is 1.35. The zero-order valence-electron chi connectivity index (χ0n) is 17.9. The van der Waals surface area contributed by atoms with Crippen molar-refractivity contribution in [3.05, 3.63) is 65.5 Å². The first-order chi connectivity index (χ1) is 14.5. The molecule has 1 aromatic heterocycles. The van der Waals surface area contributed by atoms with Gasteiger partial charge in [-0.25, -0.2) is 0 Å². The molecule has 0 atom stereocenters. The molecule has 158 valence electrons. The molecule has 0 aliphatic heterocycles. The number of thioether (sulfide) groups is 1. The first-order valence-electron chi connectivity index (χ1n) is 10.1. The van der Waals surface area contributed by atoms with Crippen molar-refractivity contribution < 1.29 is 9.53 Å². The predicted octanol–water partition coefficient (Wildman–Crippen LogP) is 4.81. The average molecular weight is 425 g/mol. The van der Waals surface area contributed by atoms with Crippen LogP contribution in [0.4, 0.5) is 5.69 Å². The van der Waals surface area contributed by atoms with Gasteiger partial charge in [-0.05, 0) is 47.7 Å². The molecular formula is C23H28N4O2S. The van der Waals surface area contributed by atoms with E-state index in [9.17, 15) is 4.79 Å². The zero-order chi connectivity index (χ0) is 21.5. The Bertz CT molecular complexity index is 966. The molecule has 3 rings (SSSR count). The molecule has 1 amide bonds. The number of anilines is 1. The summed E-state index contributed by atoms with van der Waals surface area (Å²) in [6.45, 7) is 6.74. The van der Waals surface area contributed by atoms with E-state index in [4.69, 9.17) is 4.74 Å². The Morgan fingerprint density at radius 1 is 1.10 bits per heavy atom. The van der Waals surface area contributed by atoms with Gasteiger partial charge in [0.2, 0.25) is 5.91 Å². The van der Waals surface area contributed by atoms with Gasteiger partial charge in [-0.1, -0.05) is 56.8 Å². The number of amides is 1. The highest BCUT2D eigenvalue weighted by Gasteiger charge is 2.12. The largest absolute Gasteiger partial charge is 0.486 e. The topological polar surface area (TPSA) is 69.0 Å². The summed E-state index contributed by atoms with van der Waals surface area (Å²) in [5, 5.41) is 12.0. The van der Waals surface area contributed by atoms with Crippen LogP contribution in [0.25, 0.3) is 0 Å². The molecule has 0 fully saturated rings. The van der Waals surface area contributed by atoms with Crippen LogP contribution < -0.4 is 10.1 Å². The fraction of sp³-hybridized carbons (Fsp3) is 0.348. The Labute approximate surface area is 182 Å². The van der Waals surface area contributed by atoms with E-state index < -0.39 is 0 Å². The lowest BCUT2D eigenvalue weighted by Crippen LogP contribution is -2.14. The van der Waals surface area contributed by atoms with Gasteiger partial charge in [0.05, 0.1) is 5.75 Å². The van der Waals surface area contributed by atoms with Crippen molar-refractivity contribution in [3.63, 3.8) is 0 Å². The maximum absolute atomic E-state index is 12.3. The van der Waals surface area contributed by atoms with Gasteiger partial charge in [-0.2, -0.15) is 0 Å². The zero-order valence-corrected chi connectivity index (χ0v) is 18.7. The molecule has 0 aliphatic carbocycles. The number of carbonyl (C=O) groups is 1. The lowest BCUT2D eigenvalue weighted by molar-refractivity contribution is -0.113. The molecule has 6 nitrogen and oxygen atoms in total. The van der Waals surface area contributed by atoms with E-state index in [1.54, 1.807) is 0 Å². The Balaban J connectivity index is 1.49. The molecule has 1 heterocycles. The van der Waals surface area contributed by atoms with Crippen molar-refractivity contribution in [1.29, 1.82) is 0 Å². The molecule has 1 N–H and O–H groups in total. The lowest BCUT2D eigenvalue weighted by atomic mass is 10.0. The van der Waals surface area contributed by atoms with Gasteiger partial charge in [0.25, 0.3) is 0 Å². The number of nitrogens with zero attached hydrogens (tertiary/aromatic N) is 3. The van der Waals surface area contributed by atoms with Crippen LogP contribution in [0.2, 0.25) is 0 Å². The summed E-state index contributed by atoms with van der Waals surface area (Å²) in [6, 6.07) is 16.0. The first-order valence-corrected chi connectivity index (χ1v) is 11.1. The van der Waals surface area contributed by atoms with Crippen molar-refractivity contribution in [3.8, 4) is 5.75 Å². The normalized spacial score (nSPS) is 11.0. The maximum Gasteiger partial charge on any atom is 0.234 e. The minimum absolute atomic E-state index is 0.0749. The van der Waals surface area contributed by atoms with Gasteiger partial charge in [-0.3, -0.25) is 4.79 Å². The quantitative estimate of drug-likeness (QED) is 0.499. The van der Waals surface area contributed by atoms with Gasteiger partial charge in [-0.15, -0.1) is 10.2 Å². The van der Waals surface area contributed by atoms with E-state index in [-0.39, 0.29) is 11.7 Å². The van der Waals surface area contributed by atoms with Crippen LogP contribution in [-0.4, -0.2) is 26.4 Å². The van der Waals surface area contributed by atoms with Crippen molar-refractivity contribution in [2.24, 2.45) is 7.05 Å². The number of hydrogen-bond donors (Lipinski definition) is 1. The van der Waals surface area contributed by atoms with Crippen molar-refractivity contribution in [2.75, 3.05) is 11.1 Å². The van der Waals surface area contributed by atoms with Gasteiger partial charge in [0.1, 0.15) is 12.4 Å². The summed E-state index contributed by atoms with van der Waals surface area (Å²) in [5.74, 6) is 2.16. The molecule has 0 bridgehead atoms. The third-order valence-corrected chi connectivity index (χ3v) is 5.84. The Morgan fingerprint density at radius 2 is 1.80 bits per heavy atom. The number of aromatic nitrogens is 3. The van der Waals surface area contributed by atoms with Crippen LogP contribution in [0, 0.1) is 0 Å². The summed E-state index contributed by atoms with van der Waals surface area (Å²) in [6.07, 6.45) is 1.00. The predicted molar refractivity (Wildman–Crippen MR) is 121 cm³/mol. The number of carbonyl (C=O) groups excluding carboxylic acids is 1. The number of hydrogen-bond acceptors (Lipinski definition) is 5. The van der Waals surface area contributed by atoms with E-state index in [0.29, 0.717) is 23.5 Å². The highest BCUT2D eigenvalue weighted by Crippen LogP contribution is 2.20. The summed E-state index contributed by atoms with van der Waals surface area (Å²) in [4.78, 5) is 12.3. The molecule has 0 aliphatic rings. The van der Waals surface area contributed by atoms with E-state index in [1.807, 2.05) is 48.0 Å². The second-order valence-corrected chi connectivity index (χ2v) is 8.30. The molecule has 0 unspecified atom stereocenters. The number of nitrogens with one attached hydrogen (secondary N) is 1. The third kappa shape index (κ3) is 5.86. The van der Waals surface area contributed by atoms with Gasteiger partial charge < -0.3 is 14.6 Å². The highest BCUT2D eigenvalue weighted by molar-refractivity contribution is 7.99. The molecule has 0 spiro atoms. The van der Waals surface area contributed by atoms with E-state index in [2.05, 4.69) is 48.4 Å². The maximum atomic E-state index is 12.3. The molecule has 2 aromatic carbocycles. The van der Waals surface area contributed by atoms with Gasteiger partial charge in [0.15, 0.2) is 11.0 Å². The van der Waals surface area contributed by atoms with Crippen LogP contribution in [0.5, 0.6) is 5.75 Å². The number of rotatable bonds is 9.